The van der Waals surface area contributed by atoms with Gasteiger partial charge in [-0.25, -0.2) is 4.79 Å². The van der Waals surface area contributed by atoms with Gasteiger partial charge < -0.3 is 24.8 Å². The van der Waals surface area contributed by atoms with E-state index < -0.39 is 23.3 Å². The van der Waals surface area contributed by atoms with Crippen LogP contribution in [0.4, 0.5) is 4.79 Å². The number of aromatic nitrogens is 2. The highest BCUT2D eigenvalue weighted by Gasteiger charge is 2.58. The fraction of sp³-hybridized carbons (Fsp3) is 0.484. The Bertz CT molecular complexity index is 1490. The molecule has 2 heterocycles. The zero-order valence-corrected chi connectivity index (χ0v) is 24.1. The van der Waals surface area contributed by atoms with Crippen LogP contribution in [-0.4, -0.2) is 62.5 Å². The van der Waals surface area contributed by atoms with Crippen LogP contribution in [-0.2, 0) is 27.0 Å². The zero-order valence-electron chi connectivity index (χ0n) is 24.1. The van der Waals surface area contributed by atoms with E-state index in [9.17, 15) is 19.8 Å². The highest BCUT2D eigenvalue weighted by Crippen LogP contribution is 2.50. The van der Waals surface area contributed by atoms with E-state index in [-0.39, 0.29) is 42.1 Å². The molecular formula is C31H37N5O6. The highest BCUT2D eigenvalue weighted by molar-refractivity contribution is 5.81. The maximum Gasteiger partial charge on any atom is 0.408 e. The summed E-state index contributed by atoms with van der Waals surface area (Å²) in [6.07, 6.45) is 1.52. The Labute approximate surface area is 244 Å². The first-order valence-corrected chi connectivity index (χ1v) is 14.5. The van der Waals surface area contributed by atoms with Gasteiger partial charge in [-0.05, 0) is 50.7 Å². The Hall–Kier alpha value is -3.96. The minimum Gasteiger partial charge on any atom is -0.504 e. The molecule has 0 radical (unpaired) electrons. The number of phenolic OH excluding ortho intramolecular Hbond substituents is 2. The second-order valence-electron chi connectivity index (χ2n) is 12.2. The molecule has 2 bridgehead atoms. The number of Topliss-reactive ketones (excluding diaryl/α,β-unsaturated/α-hetero) is 1. The summed E-state index contributed by atoms with van der Waals surface area (Å²) in [7, 11) is 0. The summed E-state index contributed by atoms with van der Waals surface area (Å²) < 4.78 is 11.8. The van der Waals surface area contributed by atoms with Gasteiger partial charge in [-0.1, -0.05) is 48.5 Å². The number of benzene rings is 2. The lowest BCUT2D eigenvalue weighted by molar-refractivity contribution is -0.128. The van der Waals surface area contributed by atoms with Crippen LogP contribution >= 0.6 is 0 Å². The van der Waals surface area contributed by atoms with Crippen LogP contribution in [0.15, 0.2) is 47.0 Å². The first kappa shape index (κ1) is 28.2. The fourth-order valence-electron chi connectivity index (χ4n) is 6.30. The smallest absolute Gasteiger partial charge is 0.408 e. The molecule has 2 aliphatic carbocycles. The van der Waals surface area contributed by atoms with E-state index in [4.69, 9.17) is 9.26 Å². The molecule has 1 saturated heterocycles. The minimum atomic E-state index is -1.22. The third-order valence-electron chi connectivity index (χ3n) is 8.72. The van der Waals surface area contributed by atoms with Crippen molar-refractivity contribution in [1.82, 2.24) is 25.7 Å². The summed E-state index contributed by atoms with van der Waals surface area (Å²) in [5.74, 6) is 0.551. The lowest BCUT2D eigenvalue weighted by Gasteiger charge is -2.56. The van der Waals surface area contributed by atoms with Crippen molar-refractivity contribution in [3.63, 3.8) is 0 Å². The molecule has 1 unspecified atom stereocenters. The standard InChI is InChI=1S/C31H37N5O6/c1-4-21(37)15-31-24-20(12-13-23(38)25(24)39)14-22(36(17-32-31)16-18-10-11-18)26(31)41-29(40)34-30(2,3)28-33-27(35-42-28)19-8-6-5-7-9-19/h5-9,12-13,18,22,26,32,38-39H,4,10-11,14-17H2,1-3H3,(H,34,40)/t22-,26-,31?/m1/s1. The van der Waals surface area contributed by atoms with Gasteiger partial charge in [0.15, 0.2) is 11.5 Å². The van der Waals surface area contributed by atoms with E-state index in [2.05, 4.69) is 25.7 Å². The number of aromatic hydroxyl groups is 2. The van der Waals surface area contributed by atoms with Crippen molar-refractivity contribution in [2.75, 3.05) is 13.2 Å². The molecule has 3 aliphatic rings. The number of nitrogens with zero attached hydrogens (tertiary/aromatic N) is 3. The number of carbonyl (C=O) groups is 2. The predicted octanol–water partition coefficient (Wildman–Crippen LogP) is 3.94. The first-order valence-electron chi connectivity index (χ1n) is 14.5. The molecule has 2 aromatic carbocycles. The molecule has 11 heteroatoms. The largest absolute Gasteiger partial charge is 0.504 e. The van der Waals surface area contributed by atoms with Crippen molar-refractivity contribution in [2.45, 2.75) is 76.1 Å². The maximum absolute atomic E-state index is 13.6. The minimum absolute atomic E-state index is 0.00723. The number of alkyl carbamates (subject to hydrolysis) is 1. The van der Waals surface area contributed by atoms with E-state index >= 15 is 0 Å². The molecule has 42 heavy (non-hydrogen) atoms. The number of carbonyl (C=O) groups excluding carboxylic acids is 2. The molecule has 1 amide bonds. The lowest BCUT2D eigenvalue weighted by atomic mass is 9.67. The third-order valence-corrected chi connectivity index (χ3v) is 8.72. The second kappa shape index (κ2) is 10.7. The fourth-order valence-corrected chi connectivity index (χ4v) is 6.30. The second-order valence-corrected chi connectivity index (χ2v) is 12.2. The van der Waals surface area contributed by atoms with E-state index in [0.29, 0.717) is 30.4 Å². The molecule has 2 fully saturated rings. The quantitative estimate of drug-likeness (QED) is 0.276. The first-order chi connectivity index (χ1) is 20.1. The number of nitrogens with one attached hydrogen (secondary N) is 2. The van der Waals surface area contributed by atoms with E-state index in [1.165, 1.54) is 6.07 Å². The molecule has 222 valence electrons. The Morgan fingerprint density at radius 2 is 1.95 bits per heavy atom. The van der Waals surface area contributed by atoms with Crippen molar-refractivity contribution in [3.05, 3.63) is 59.5 Å². The molecule has 1 aromatic heterocycles. The van der Waals surface area contributed by atoms with E-state index in [1.807, 2.05) is 30.3 Å². The molecule has 1 aliphatic heterocycles. The summed E-state index contributed by atoms with van der Waals surface area (Å²) in [6, 6.07) is 12.4. The van der Waals surface area contributed by atoms with Gasteiger partial charge >= 0.3 is 6.09 Å². The van der Waals surface area contributed by atoms with Gasteiger partial charge in [0.05, 0.1) is 11.6 Å². The molecule has 3 atom stereocenters. The number of amides is 1. The number of ketones is 1. The SMILES string of the molecule is CCC(=O)CC12NCN(CC3CC3)[C@H](Cc3ccc(O)c(O)c31)[C@H]2OC(=O)NC(C)(C)c1nc(-c2ccccc2)no1. The predicted molar refractivity (Wildman–Crippen MR) is 152 cm³/mol. The number of rotatable bonds is 9. The summed E-state index contributed by atoms with van der Waals surface area (Å²) in [4.78, 5) is 33.4. The Morgan fingerprint density at radius 1 is 1.19 bits per heavy atom. The number of hydrogen-bond donors (Lipinski definition) is 4. The molecule has 11 nitrogen and oxygen atoms in total. The lowest BCUT2D eigenvalue weighted by Crippen LogP contribution is -2.72. The van der Waals surface area contributed by atoms with Crippen molar-refractivity contribution in [1.29, 1.82) is 0 Å². The van der Waals surface area contributed by atoms with Gasteiger partial charge in [0.25, 0.3) is 5.89 Å². The van der Waals surface area contributed by atoms with E-state index in [1.54, 1.807) is 26.8 Å². The van der Waals surface area contributed by atoms with Crippen molar-refractivity contribution < 1.29 is 29.1 Å². The molecule has 4 N–H and O–H groups in total. The highest BCUT2D eigenvalue weighted by atomic mass is 16.6. The maximum atomic E-state index is 13.6. The van der Waals surface area contributed by atoms with Crippen LogP contribution in [0.5, 0.6) is 11.5 Å². The van der Waals surface area contributed by atoms with Gasteiger partial charge in [-0.15, -0.1) is 0 Å². The zero-order chi connectivity index (χ0) is 29.6. The van der Waals surface area contributed by atoms with Crippen LogP contribution in [0.1, 0.15) is 63.5 Å². The van der Waals surface area contributed by atoms with Crippen LogP contribution in [0, 0.1) is 5.92 Å². The van der Waals surface area contributed by atoms with Crippen LogP contribution in [0.3, 0.4) is 0 Å². The van der Waals surface area contributed by atoms with Crippen molar-refractivity contribution in [3.8, 4) is 22.9 Å². The Kier molecular flexibility index (Phi) is 7.18. The summed E-state index contributed by atoms with van der Waals surface area (Å²) in [5.41, 5.74) is -0.292. The Balaban J connectivity index is 1.32. The summed E-state index contributed by atoms with van der Waals surface area (Å²) in [6.45, 7) is 6.57. The monoisotopic (exact) mass is 575 g/mol. The van der Waals surface area contributed by atoms with Crippen LogP contribution in [0.2, 0.25) is 0 Å². The van der Waals surface area contributed by atoms with Gasteiger partial charge in [0, 0.05) is 37.2 Å². The molecular weight excluding hydrogens is 538 g/mol. The third kappa shape index (κ3) is 5.11. The topological polar surface area (TPSA) is 150 Å². The average Bonchev–Trinajstić information content (AvgIpc) is 3.63. The van der Waals surface area contributed by atoms with Crippen LogP contribution < -0.4 is 10.6 Å². The van der Waals surface area contributed by atoms with Gasteiger partial charge in [-0.3, -0.25) is 15.0 Å². The number of fused-ring (bicyclic) bond motifs is 4. The number of phenols is 2. The van der Waals surface area contributed by atoms with Gasteiger partial charge in [0.1, 0.15) is 17.4 Å². The summed E-state index contributed by atoms with van der Waals surface area (Å²) >= 11 is 0. The van der Waals surface area contributed by atoms with Crippen LogP contribution in [0.25, 0.3) is 11.4 Å². The van der Waals surface area contributed by atoms with Crippen molar-refractivity contribution in [2.24, 2.45) is 5.92 Å². The molecule has 1 saturated carbocycles. The normalized spacial score (nSPS) is 23.7. The molecule has 0 spiro atoms. The van der Waals surface area contributed by atoms with Gasteiger partial charge in [-0.2, -0.15) is 4.98 Å². The number of hydrogen-bond acceptors (Lipinski definition) is 10. The van der Waals surface area contributed by atoms with E-state index in [0.717, 1.165) is 30.5 Å². The molecule has 3 aromatic rings. The molecule has 6 rings (SSSR count). The van der Waals surface area contributed by atoms with Crippen molar-refractivity contribution >= 4 is 11.9 Å². The number of ether oxygens (including phenoxy) is 1. The summed E-state index contributed by atoms with van der Waals surface area (Å²) in [5, 5.41) is 32.0. The van der Waals surface area contributed by atoms with Gasteiger partial charge in [0.2, 0.25) is 5.82 Å². The average molecular weight is 576 g/mol. The Morgan fingerprint density at radius 3 is 2.67 bits per heavy atom.